The van der Waals surface area contributed by atoms with E-state index in [1.165, 1.54) is 14.2 Å². The van der Waals surface area contributed by atoms with Gasteiger partial charge in [0.05, 0.1) is 27.2 Å². The van der Waals surface area contributed by atoms with Gasteiger partial charge in [-0.25, -0.2) is 0 Å². The number of nitrogens with zero attached hydrogens (tertiary/aromatic N) is 1. The Kier molecular flexibility index (Phi) is 5.28. The van der Waals surface area contributed by atoms with Gasteiger partial charge in [0, 0.05) is 5.54 Å². The highest BCUT2D eigenvalue weighted by Crippen LogP contribution is 2.17. The molecule has 0 aliphatic carbocycles. The molecule has 0 bridgehead atoms. The number of hydrogen-bond acceptors (Lipinski definition) is 5. The van der Waals surface area contributed by atoms with Gasteiger partial charge in [0.25, 0.3) is 0 Å². The molecule has 88 valence electrons. The first-order valence-corrected chi connectivity index (χ1v) is 4.68. The van der Waals surface area contributed by atoms with Crippen molar-refractivity contribution >= 4 is 11.9 Å². The molecule has 0 aliphatic heterocycles. The second-order valence-corrected chi connectivity index (χ2v) is 4.00. The number of carbonyl (C=O) groups excluding carboxylic acids is 2. The standard InChI is InChI=1S/C10H19NO4/c1-10(2,6-8(12)14-4)11(3)7-9(13)15-5/h6-7H2,1-5H3. The van der Waals surface area contributed by atoms with Gasteiger partial charge in [0.15, 0.2) is 0 Å². The van der Waals surface area contributed by atoms with E-state index in [0.717, 1.165) is 0 Å². The molecule has 0 rings (SSSR count). The van der Waals surface area contributed by atoms with Gasteiger partial charge in [0.2, 0.25) is 0 Å². The maximum Gasteiger partial charge on any atom is 0.319 e. The number of rotatable bonds is 5. The molecule has 5 nitrogen and oxygen atoms in total. The van der Waals surface area contributed by atoms with Crippen LogP contribution in [0.15, 0.2) is 0 Å². The molecule has 0 radical (unpaired) electrons. The van der Waals surface area contributed by atoms with Crippen molar-refractivity contribution in [3.05, 3.63) is 0 Å². The largest absolute Gasteiger partial charge is 0.469 e. The number of esters is 2. The Morgan fingerprint density at radius 1 is 1.13 bits per heavy atom. The van der Waals surface area contributed by atoms with E-state index in [0.29, 0.717) is 0 Å². The lowest BCUT2D eigenvalue weighted by molar-refractivity contribution is -0.147. The number of ether oxygens (including phenoxy) is 2. The van der Waals surface area contributed by atoms with E-state index in [4.69, 9.17) is 0 Å². The quantitative estimate of drug-likeness (QED) is 0.625. The average Bonchev–Trinajstić information content (AvgIpc) is 2.16. The summed E-state index contributed by atoms with van der Waals surface area (Å²) < 4.78 is 9.14. The first-order valence-electron chi connectivity index (χ1n) is 4.68. The van der Waals surface area contributed by atoms with Crippen LogP contribution in [0.5, 0.6) is 0 Å². The summed E-state index contributed by atoms with van der Waals surface area (Å²) in [5.41, 5.74) is -0.429. The molecule has 0 atom stereocenters. The highest BCUT2D eigenvalue weighted by atomic mass is 16.5. The van der Waals surface area contributed by atoms with Crippen molar-refractivity contribution in [2.24, 2.45) is 0 Å². The van der Waals surface area contributed by atoms with E-state index in [2.05, 4.69) is 9.47 Å². The van der Waals surface area contributed by atoms with E-state index in [1.54, 1.807) is 11.9 Å². The smallest absolute Gasteiger partial charge is 0.319 e. The van der Waals surface area contributed by atoms with Crippen LogP contribution in [0.3, 0.4) is 0 Å². The summed E-state index contributed by atoms with van der Waals surface area (Å²) in [6.45, 7) is 3.89. The van der Waals surface area contributed by atoms with Gasteiger partial charge in [-0.15, -0.1) is 0 Å². The molecule has 0 aliphatic rings. The van der Waals surface area contributed by atoms with Gasteiger partial charge in [-0.3, -0.25) is 14.5 Å². The van der Waals surface area contributed by atoms with Crippen molar-refractivity contribution in [3.8, 4) is 0 Å². The van der Waals surface area contributed by atoms with E-state index in [-0.39, 0.29) is 24.9 Å². The summed E-state index contributed by atoms with van der Waals surface area (Å²) in [7, 11) is 4.45. The molecule has 0 amide bonds. The normalized spacial score (nSPS) is 11.3. The van der Waals surface area contributed by atoms with Crippen LogP contribution >= 0.6 is 0 Å². The highest BCUT2D eigenvalue weighted by Gasteiger charge is 2.28. The third kappa shape index (κ3) is 4.78. The maximum atomic E-state index is 11.1. The second kappa shape index (κ2) is 5.70. The predicted octanol–water partition coefficient (Wildman–Crippen LogP) is 0.433. The summed E-state index contributed by atoms with van der Waals surface area (Å²) in [5.74, 6) is -0.618. The van der Waals surface area contributed by atoms with Crippen LogP contribution < -0.4 is 0 Å². The van der Waals surface area contributed by atoms with Gasteiger partial charge in [-0.1, -0.05) is 0 Å². The SMILES string of the molecule is COC(=O)CN(C)C(C)(C)CC(=O)OC. The van der Waals surface area contributed by atoms with Gasteiger partial charge in [0.1, 0.15) is 0 Å². The van der Waals surface area contributed by atoms with E-state index in [1.807, 2.05) is 13.8 Å². The Balaban J connectivity index is 4.31. The van der Waals surface area contributed by atoms with Crippen molar-refractivity contribution in [2.45, 2.75) is 25.8 Å². The Labute approximate surface area is 90.3 Å². The summed E-state index contributed by atoms with van der Waals surface area (Å²) in [4.78, 5) is 23.9. The molecule has 0 aromatic carbocycles. The lowest BCUT2D eigenvalue weighted by Gasteiger charge is -2.33. The average molecular weight is 217 g/mol. The summed E-state index contributed by atoms with van der Waals surface area (Å²) >= 11 is 0. The fraction of sp³-hybridized carbons (Fsp3) is 0.800. The molecule has 0 aromatic heterocycles. The van der Waals surface area contributed by atoms with Crippen molar-refractivity contribution in [2.75, 3.05) is 27.8 Å². The summed E-state index contributed by atoms with van der Waals surface area (Å²) in [5, 5.41) is 0. The zero-order chi connectivity index (χ0) is 12.1. The molecule has 0 aromatic rings. The zero-order valence-corrected chi connectivity index (χ0v) is 9.99. The van der Waals surface area contributed by atoms with Gasteiger partial charge in [-0.2, -0.15) is 0 Å². The van der Waals surface area contributed by atoms with Crippen LogP contribution in [0.25, 0.3) is 0 Å². The Hall–Kier alpha value is -1.10. The Morgan fingerprint density at radius 3 is 2.00 bits per heavy atom. The zero-order valence-electron chi connectivity index (χ0n) is 9.99. The number of methoxy groups -OCH3 is 2. The van der Waals surface area contributed by atoms with Crippen molar-refractivity contribution in [1.82, 2.24) is 4.90 Å². The molecule has 0 fully saturated rings. The first-order chi connectivity index (χ1) is 6.83. The summed E-state index contributed by atoms with van der Waals surface area (Å²) in [6, 6.07) is 0. The van der Waals surface area contributed by atoms with Crippen molar-refractivity contribution in [3.63, 3.8) is 0 Å². The molecule has 0 saturated carbocycles. The van der Waals surface area contributed by atoms with Gasteiger partial charge < -0.3 is 9.47 Å². The molecule has 15 heavy (non-hydrogen) atoms. The molecule has 0 saturated heterocycles. The first kappa shape index (κ1) is 13.9. The fourth-order valence-electron chi connectivity index (χ4n) is 1.03. The maximum absolute atomic E-state index is 11.1. The van der Waals surface area contributed by atoms with Crippen LogP contribution in [0.2, 0.25) is 0 Å². The number of hydrogen-bond donors (Lipinski definition) is 0. The second-order valence-electron chi connectivity index (χ2n) is 4.00. The van der Waals surface area contributed by atoms with Gasteiger partial charge >= 0.3 is 11.9 Å². The lowest BCUT2D eigenvalue weighted by Crippen LogP contribution is -2.45. The molecule has 5 heteroatoms. The third-order valence-corrected chi connectivity index (χ3v) is 2.43. The molecular formula is C10H19NO4. The third-order valence-electron chi connectivity index (χ3n) is 2.43. The van der Waals surface area contributed by atoms with Crippen LogP contribution in [0.1, 0.15) is 20.3 Å². The van der Waals surface area contributed by atoms with E-state index in [9.17, 15) is 9.59 Å². The molecule has 0 unspecified atom stereocenters. The number of carbonyl (C=O) groups is 2. The van der Waals surface area contributed by atoms with Crippen LogP contribution in [-0.2, 0) is 19.1 Å². The minimum atomic E-state index is -0.429. The van der Waals surface area contributed by atoms with Crippen LogP contribution in [-0.4, -0.2) is 50.2 Å². The fourth-order valence-corrected chi connectivity index (χ4v) is 1.03. The monoisotopic (exact) mass is 217 g/mol. The molecule has 0 heterocycles. The number of likely N-dealkylation sites (N-methyl/N-ethyl adjacent to an activating group) is 1. The highest BCUT2D eigenvalue weighted by molar-refractivity contribution is 5.72. The van der Waals surface area contributed by atoms with Crippen molar-refractivity contribution in [1.29, 1.82) is 0 Å². The van der Waals surface area contributed by atoms with Gasteiger partial charge in [-0.05, 0) is 20.9 Å². The van der Waals surface area contributed by atoms with Crippen LogP contribution in [0, 0.1) is 0 Å². The van der Waals surface area contributed by atoms with Crippen LogP contribution in [0.4, 0.5) is 0 Å². The Morgan fingerprint density at radius 2 is 1.60 bits per heavy atom. The van der Waals surface area contributed by atoms with E-state index >= 15 is 0 Å². The lowest BCUT2D eigenvalue weighted by atomic mass is 9.99. The Bertz CT molecular complexity index is 238. The molecule has 0 spiro atoms. The minimum absolute atomic E-state index is 0.153. The minimum Gasteiger partial charge on any atom is -0.469 e. The predicted molar refractivity (Wildman–Crippen MR) is 55.4 cm³/mol. The summed E-state index contributed by atoms with van der Waals surface area (Å²) in [6.07, 6.45) is 0.233. The van der Waals surface area contributed by atoms with Crippen molar-refractivity contribution < 1.29 is 19.1 Å². The topological polar surface area (TPSA) is 55.8 Å². The molecular weight excluding hydrogens is 198 g/mol. The van der Waals surface area contributed by atoms with E-state index < -0.39 is 5.54 Å². The molecule has 0 N–H and O–H groups in total.